The molecule has 88 valence electrons. The van der Waals surface area contributed by atoms with Crippen LogP contribution in [0.4, 0.5) is 4.79 Å². The van der Waals surface area contributed by atoms with E-state index >= 15 is 0 Å². The number of rotatable bonds is 3. The average molecular weight is 224 g/mol. The van der Waals surface area contributed by atoms with Crippen molar-refractivity contribution in [2.45, 2.75) is 38.3 Å². The Morgan fingerprint density at radius 2 is 2.19 bits per heavy atom. The van der Waals surface area contributed by atoms with Gasteiger partial charge in [-0.15, -0.1) is 6.42 Å². The van der Waals surface area contributed by atoms with Gasteiger partial charge in [0.2, 0.25) is 0 Å². The molecule has 0 aromatic rings. The highest BCUT2D eigenvalue weighted by molar-refractivity contribution is 5.77. The number of aliphatic carboxylic acids is 1. The zero-order valence-electron chi connectivity index (χ0n) is 9.19. The molecule has 0 saturated heterocycles. The van der Waals surface area contributed by atoms with Crippen molar-refractivity contribution in [1.29, 1.82) is 0 Å². The van der Waals surface area contributed by atoms with Crippen molar-refractivity contribution >= 4 is 12.0 Å². The van der Waals surface area contributed by atoms with Crippen LogP contribution in [-0.4, -0.2) is 29.2 Å². The van der Waals surface area contributed by atoms with Crippen LogP contribution < -0.4 is 10.6 Å². The van der Waals surface area contributed by atoms with Crippen LogP contribution >= 0.6 is 0 Å². The Morgan fingerprint density at radius 1 is 1.50 bits per heavy atom. The number of hydrogen-bond acceptors (Lipinski definition) is 2. The van der Waals surface area contributed by atoms with Crippen LogP contribution in [0.25, 0.3) is 0 Å². The second-order valence-corrected chi connectivity index (χ2v) is 3.99. The number of carboxylic acid groups (broad SMARTS) is 1. The Labute approximate surface area is 94.6 Å². The van der Waals surface area contributed by atoms with Gasteiger partial charge in [0, 0.05) is 6.04 Å². The third kappa shape index (κ3) is 3.16. The third-order valence-electron chi connectivity index (χ3n) is 2.75. The summed E-state index contributed by atoms with van der Waals surface area (Å²) in [4.78, 5) is 22.3. The minimum Gasteiger partial charge on any atom is -0.481 e. The number of amides is 2. The first-order valence-electron chi connectivity index (χ1n) is 5.30. The van der Waals surface area contributed by atoms with Crippen LogP contribution in [0.2, 0.25) is 0 Å². The number of carbonyl (C=O) groups is 2. The molecule has 2 amide bonds. The Balaban J connectivity index is 2.45. The van der Waals surface area contributed by atoms with Gasteiger partial charge in [-0.25, -0.2) is 4.79 Å². The standard InChI is InChI=1S/C11H16N2O3/c1-3-7(2)12-11(16)13-9-6-4-5-8(9)10(14)15/h1,7-9H,4-6H2,2H3,(H,14,15)(H2,12,13,16). The summed E-state index contributed by atoms with van der Waals surface area (Å²) in [6.45, 7) is 1.68. The van der Waals surface area contributed by atoms with Gasteiger partial charge in [0.1, 0.15) is 0 Å². The predicted molar refractivity (Wildman–Crippen MR) is 58.7 cm³/mol. The number of carbonyl (C=O) groups excluding carboxylic acids is 1. The highest BCUT2D eigenvalue weighted by Gasteiger charge is 2.33. The van der Waals surface area contributed by atoms with Crippen LogP contribution in [0.1, 0.15) is 26.2 Å². The topological polar surface area (TPSA) is 78.4 Å². The van der Waals surface area contributed by atoms with Crippen LogP contribution in [0, 0.1) is 18.3 Å². The van der Waals surface area contributed by atoms with Crippen molar-refractivity contribution in [3.05, 3.63) is 0 Å². The first-order valence-corrected chi connectivity index (χ1v) is 5.30. The maximum Gasteiger partial charge on any atom is 0.315 e. The number of terminal acetylenes is 1. The number of nitrogens with one attached hydrogen (secondary N) is 2. The molecule has 3 N–H and O–H groups in total. The summed E-state index contributed by atoms with van der Waals surface area (Å²) in [5.41, 5.74) is 0. The minimum absolute atomic E-state index is 0.289. The smallest absolute Gasteiger partial charge is 0.315 e. The molecule has 5 heteroatoms. The van der Waals surface area contributed by atoms with E-state index in [0.717, 1.165) is 6.42 Å². The van der Waals surface area contributed by atoms with E-state index in [1.54, 1.807) is 6.92 Å². The van der Waals surface area contributed by atoms with E-state index in [0.29, 0.717) is 12.8 Å². The molecule has 0 aliphatic heterocycles. The monoisotopic (exact) mass is 224 g/mol. The Bertz CT molecular complexity index is 322. The molecule has 1 rings (SSSR count). The zero-order chi connectivity index (χ0) is 12.1. The van der Waals surface area contributed by atoms with Crippen molar-refractivity contribution < 1.29 is 14.7 Å². The molecule has 5 nitrogen and oxygen atoms in total. The van der Waals surface area contributed by atoms with E-state index in [1.165, 1.54) is 0 Å². The molecule has 16 heavy (non-hydrogen) atoms. The number of hydrogen-bond donors (Lipinski definition) is 3. The highest BCUT2D eigenvalue weighted by atomic mass is 16.4. The zero-order valence-corrected chi connectivity index (χ0v) is 9.19. The summed E-state index contributed by atoms with van der Waals surface area (Å²) < 4.78 is 0. The summed E-state index contributed by atoms with van der Waals surface area (Å²) >= 11 is 0. The van der Waals surface area contributed by atoms with Gasteiger partial charge in [0.15, 0.2) is 0 Å². The van der Waals surface area contributed by atoms with Gasteiger partial charge in [-0.05, 0) is 19.8 Å². The molecule has 1 fully saturated rings. The molecule has 1 saturated carbocycles. The minimum atomic E-state index is -0.854. The van der Waals surface area contributed by atoms with Gasteiger partial charge in [0.25, 0.3) is 0 Å². The van der Waals surface area contributed by atoms with Crippen molar-refractivity contribution in [1.82, 2.24) is 10.6 Å². The molecule has 0 aromatic carbocycles. The maximum atomic E-state index is 11.4. The number of urea groups is 1. The van der Waals surface area contributed by atoms with Crippen molar-refractivity contribution in [2.75, 3.05) is 0 Å². The fraction of sp³-hybridized carbons (Fsp3) is 0.636. The summed E-state index contributed by atoms with van der Waals surface area (Å²) in [7, 11) is 0. The van der Waals surface area contributed by atoms with Crippen LogP contribution in [0.5, 0.6) is 0 Å². The molecule has 3 unspecified atom stereocenters. The molecular weight excluding hydrogens is 208 g/mol. The Kier molecular flexibility index (Phi) is 4.18. The van der Waals surface area contributed by atoms with Gasteiger partial charge >= 0.3 is 12.0 Å². The fourth-order valence-electron chi connectivity index (χ4n) is 1.88. The molecule has 0 radical (unpaired) electrons. The number of carboxylic acids is 1. The fourth-order valence-corrected chi connectivity index (χ4v) is 1.88. The van der Waals surface area contributed by atoms with Crippen LogP contribution in [0.3, 0.4) is 0 Å². The van der Waals surface area contributed by atoms with Crippen LogP contribution in [-0.2, 0) is 4.79 Å². The lowest BCUT2D eigenvalue weighted by atomic mass is 10.0. The maximum absolute atomic E-state index is 11.4. The van der Waals surface area contributed by atoms with E-state index < -0.39 is 17.9 Å². The van der Waals surface area contributed by atoms with E-state index in [1.807, 2.05) is 0 Å². The largest absolute Gasteiger partial charge is 0.481 e. The van der Waals surface area contributed by atoms with E-state index in [9.17, 15) is 9.59 Å². The lowest BCUT2D eigenvalue weighted by Gasteiger charge is -2.18. The SMILES string of the molecule is C#CC(C)NC(=O)NC1CCCC1C(=O)O. The quantitative estimate of drug-likeness (QED) is 0.613. The molecule has 0 bridgehead atoms. The summed E-state index contributed by atoms with van der Waals surface area (Å²) in [6, 6.07) is -1.05. The second kappa shape index (κ2) is 5.40. The van der Waals surface area contributed by atoms with Gasteiger partial charge in [-0.1, -0.05) is 12.3 Å². The molecule has 1 aliphatic carbocycles. The van der Waals surface area contributed by atoms with Crippen LogP contribution in [0.15, 0.2) is 0 Å². The van der Waals surface area contributed by atoms with Gasteiger partial charge in [-0.3, -0.25) is 4.79 Å². The summed E-state index contributed by atoms with van der Waals surface area (Å²) in [5, 5.41) is 14.1. The van der Waals surface area contributed by atoms with Crippen molar-refractivity contribution in [3.8, 4) is 12.3 Å². The molecule has 1 aliphatic rings. The van der Waals surface area contributed by atoms with Gasteiger partial charge in [0.05, 0.1) is 12.0 Å². The Morgan fingerprint density at radius 3 is 2.75 bits per heavy atom. The second-order valence-electron chi connectivity index (χ2n) is 3.99. The normalized spacial score (nSPS) is 25.5. The predicted octanol–water partition coefficient (Wildman–Crippen LogP) is 0.561. The van der Waals surface area contributed by atoms with E-state index in [4.69, 9.17) is 11.5 Å². The molecule has 3 atom stereocenters. The summed E-state index contributed by atoms with van der Waals surface area (Å²) in [5.74, 6) is 1.03. The first kappa shape index (κ1) is 12.4. The lowest BCUT2D eigenvalue weighted by molar-refractivity contribution is -0.142. The molecular formula is C11H16N2O3. The van der Waals surface area contributed by atoms with E-state index in [2.05, 4.69) is 16.6 Å². The molecule has 0 spiro atoms. The van der Waals surface area contributed by atoms with Gasteiger partial charge < -0.3 is 15.7 Å². The first-order chi connectivity index (χ1) is 7.54. The third-order valence-corrected chi connectivity index (χ3v) is 2.75. The lowest BCUT2D eigenvalue weighted by Crippen LogP contribution is -2.47. The van der Waals surface area contributed by atoms with E-state index in [-0.39, 0.29) is 12.1 Å². The van der Waals surface area contributed by atoms with Crippen molar-refractivity contribution in [2.24, 2.45) is 5.92 Å². The Hall–Kier alpha value is -1.70. The van der Waals surface area contributed by atoms with Crippen molar-refractivity contribution in [3.63, 3.8) is 0 Å². The molecule has 0 heterocycles. The summed E-state index contributed by atoms with van der Waals surface area (Å²) in [6.07, 6.45) is 7.26. The van der Waals surface area contributed by atoms with Gasteiger partial charge in [-0.2, -0.15) is 0 Å². The average Bonchev–Trinajstić information content (AvgIpc) is 2.65. The highest BCUT2D eigenvalue weighted by Crippen LogP contribution is 2.25. The molecule has 0 aromatic heterocycles.